The average molecular weight is 637 g/mol. The number of alkyl halides is 1. The third-order valence-corrected chi connectivity index (χ3v) is 22.5. The van der Waals surface area contributed by atoms with E-state index in [1.165, 1.54) is 35.8 Å². The maximum atomic E-state index is 6.46. The van der Waals surface area contributed by atoms with Gasteiger partial charge in [0.05, 0.1) is 0 Å². The van der Waals surface area contributed by atoms with Crippen molar-refractivity contribution in [1.29, 1.82) is 0 Å². The van der Waals surface area contributed by atoms with Crippen molar-refractivity contribution in [2.45, 2.75) is 72.8 Å². The summed E-state index contributed by atoms with van der Waals surface area (Å²) in [4.78, 5) is 2.46. The average Bonchev–Trinajstić information content (AvgIpc) is 2.65. The summed E-state index contributed by atoms with van der Waals surface area (Å²) in [6.45, 7) is 21.8. The van der Waals surface area contributed by atoms with E-state index in [1.54, 1.807) is 1.52 Å². The third kappa shape index (κ3) is 7.99. The molecule has 0 amide bonds. The van der Waals surface area contributed by atoms with Crippen molar-refractivity contribution in [3.63, 3.8) is 0 Å². The number of nitrogens with one attached hydrogen (secondary N) is 1. The van der Waals surface area contributed by atoms with Gasteiger partial charge in [0.25, 0.3) is 0 Å². The van der Waals surface area contributed by atoms with Gasteiger partial charge in [-0.25, -0.2) is 0 Å². The Morgan fingerprint density at radius 2 is 1.83 bits per heavy atom. The molecular weight excluding hydrogens is 594 g/mol. The summed E-state index contributed by atoms with van der Waals surface area (Å²) in [6.07, 6.45) is 6.69. The molecule has 1 aromatic rings. The predicted molar refractivity (Wildman–Crippen MR) is 143 cm³/mol. The molecule has 1 rings (SSSR count). The van der Waals surface area contributed by atoms with E-state index < -0.39 is 18.7 Å². The predicted octanol–water partition coefficient (Wildman–Crippen LogP) is 4.00. The number of hydrogen-bond donors (Lipinski definition) is 2. The first-order valence-corrected chi connectivity index (χ1v) is 18.2. The van der Waals surface area contributed by atoms with E-state index in [-0.39, 0.29) is 26.3 Å². The Morgan fingerprint density at radius 3 is 2.37 bits per heavy atom. The minimum absolute atomic E-state index is 0.183. The summed E-state index contributed by atoms with van der Waals surface area (Å²) in [7, 11) is 2.13. The van der Waals surface area contributed by atoms with Crippen molar-refractivity contribution < 1.29 is 18.7 Å². The summed E-state index contributed by atoms with van der Waals surface area (Å²) in [6, 6.07) is 6.92. The van der Waals surface area contributed by atoms with Crippen molar-refractivity contribution >= 4 is 22.2 Å². The fraction of sp³-hybridized carbons (Fsp3) is 0.500. The Hall–Kier alpha value is -0.310. The van der Waals surface area contributed by atoms with Crippen molar-refractivity contribution in [3.8, 4) is 0 Å². The zero-order chi connectivity index (χ0) is 23.1. The van der Waals surface area contributed by atoms with E-state index in [0.29, 0.717) is 0 Å². The number of halogens is 2. The first-order valence-electron chi connectivity index (χ1n) is 10.7. The van der Waals surface area contributed by atoms with Crippen molar-refractivity contribution in [2.24, 2.45) is 5.73 Å². The summed E-state index contributed by atoms with van der Waals surface area (Å²) in [5.41, 5.74) is 11.3. The molecule has 0 heterocycles. The fourth-order valence-corrected chi connectivity index (χ4v) is 17.1. The zero-order valence-corrected chi connectivity index (χ0v) is 24.7. The van der Waals surface area contributed by atoms with Crippen LogP contribution in [0.2, 0.25) is 0 Å². The van der Waals surface area contributed by atoms with Crippen LogP contribution in [0.5, 0.6) is 0 Å². The van der Waals surface area contributed by atoms with Gasteiger partial charge in [0.2, 0.25) is 0 Å². The summed E-state index contributed by atoms with van der Waals surface area (Å²) in [5, 5.41) is 0. The Bertz CT molecular complexity index is 828. The van der Waals surface area contributed by atoms with Gasteiger partial charge in [-0.3, -0.25) is 0 Å². The molecule has 0 spiro atoms. The van der Waals surface area contributed by atoms with E-state index in [2.05, 4.69) is 94.5 Å². The Balaban J connectivity index is 3.04. The molecule has 1 unspecified atom stereocenters. The van der Waals surface area contributed by atoms with Gasteiger partial charge in [0.15, 0.2) is 0 Å². The summed E-state index contributed by atoms with van der Waals surface area (Å²) < 4.78 is 8.28. The van der Waals surface area contributed by atoms with Crippen LogP contribution in [-0.4, -0.2) is 13.5 Å². The van der Waals surface area contributed by atoms with Crippen LogP contribution < -0.4 is 28.0 Å². The molecule has 0 aliphatic carbocycles. The van der Waals surface area contributed by atoms with Gasteiger partial charge in [-0.05, 0) is 0 Å². The quantitative estimate of drug-likeness (QED) is 0.167. The molecule has 0 bridgehead atoms. The Kier molecular flexibility index (Phi) is 11.2. The van der Waals surface area contributed by atoms with Crippen LogP contribution in [-0.2, 0) is 5.54 Å². The zero-order valence-electron chi connectivity index (χ0n) is 20.4. The van der Waals surface area contributed by atoms with Gasteiger partial charge >= 0.3 is 202 Å². The van der Waals surface area contributed by atoms with Crippen LogP contribution in [0.3, 0.4) is 0 Å². The minimum atomic E-state index is -2.44. The second-order valence-corrected chi connectivity index (χ2v) is 23.2. The normalized spacial score (nSPS) is 16.4. The molecular formula is C26H43I2N2-. The molecule has 0 aliphatic heterocycles. The molecule has 2 nitrogen and oxygen atoms in total. The monoisotopic (exact) mass is 637 g/mol. The second kappa shape index (κ2) is 12.1. The summed E-state index contributed by atoms with van der Waals surface area (Å²) in [5.74, 6) is 0. The fourth-order valence-electron chi connectivity index (χ4n) is 3.40. The number of rotatable bonds is 11. The number of hydrogen-bond acceptors (Lipinski definition) is 2. The second-order valence-electron chi connectivity index (χ2n) is 8.68. The first kappa shape index (κ1) is 27.7. The van der Waals surface area contributed by atoms with Gasteiger partial charge in [-0.2, -0.15) is 0 Å². The molecule has 0 aromatic heterocycles. The van der Waals surface area contributed by atoms with E-state index in [9.17, 15) is 0 Å². The molecule has 1 atom stereocenters. The number of nitrogens with two attached hydrogens (primary N) is 1. The van der Waals surface area contributed by atoms with E-state index in [1.807, 2.05) is 0 Å². The van der Waals surface area contributed by atoms with Gasteiger partial charge in [-0.1, -0.05) is 0 Å². The maximum absolute atomic E-state index is 6.46. The van der Waals surface area contributed by atoms with Gasteiger partial charge in [0, 0.05) is 0 Å². The molecule has 0 aliphatic rings. The molecule has 0 fully saturated rings. The Labute approximate surface area is 200 Å². The molecule has 30 heavy (non-hydrogen) atoms. The van der Waals surface area contributed by atoms with Crippen molar-refractivity contribution in [2.75, 3.05) is 12.0 Å². The van der Waals surface area contributed by atoms with Crippen LogP contribution in [0.1, 0.15) is 71.4 Å². The van der Waals surface area contributed by atoms with Gasteiger partial charge in [-0.15, -0.1) is 0 Å². The van der Waals surface area contributed by atoms with Crippen LogP contribution in [0.25, 0.3) is 0 Å². The number of benzene rings is 1. The number of aryl methyl sites for hydroxylation is 1. The molecule has 4 heteroatoms. The molecule has 3 N–H and O–H groups in total. The topological polar surface area (TPSA) is 38.0 Å². The molecule has 0 radical (unpaired) electrons. The first-order chi connectivity index (χ1) is 13.8. The standard InChI is InChI=1S/C26H43I2N2/c1-11-12-19(2)17-20(3)13-15-22(5)27-23(6)28(9,30-10)24-16-14-21(4)25(18-24)26(7,8)29/h14,16-18,30H,3,5,11-13,15,29H2,1-2,4,6-10H3/q-1/b19-17+. The van der Waals surface area contributed by atoms with Crippen molar-refractivity contribution in [3.05, 3.63) is 66.9 Å². The molecule has 172 valence electrons. The van der Waals surface area contributed by atoms with E-state index in [0.717, 1.165) is 19.3 Å². The van der Waals surface area contributed by atoms with Crippen molar-refractivity contribution in [1.82, 2.24) is 3.53 Å². The van der Waals surface area contributed by atoms with Crippen LogP contribution in [0.4, 0.5) is 0 Å². The van der Waals surface area contributed by atoms with E-state index >= 15 is 0 Å². The molecule has 1 aromatic carbocycles. The van der Waals surface area contributed by atoms with Crippen LogP contribution in [0, 0.1) is 10.5 Å². The van der Waals surface area contributed by atoms with Gasteiger partial charge in [0.1, 0.15) is 0 Å². The van der Waals surface area contributed by atoms with Gasteiger partial charge < -0.3 is 0 Å². The Morgan fingerprint density at radius 1 is 1.20 bits per heavy atom. The third-order valence-electron chi connectivity index (χ3n) is 5.31. The number of allylic oxidation sites excluding steroid dienone is 4. The van der Waals surface area contributed by atoms with E-state index in [4.69, 9.17) is 5.73 Å². The molecule has 0 saturated carbocycles. The molecule has 0 saturated heterocycles. The SMILES string of the molecule is C=C(/C=C(\C)CCC)CCC(=C)I=C(C)[I-](C)(NC)c1ccc(C)c(C(C)(C)N)c1. The summed E-state index contributed by atoms with van der Waals surface area (Å²) >= 11 is -2.63. The van der Waals surface area contributed by atoms with Crippen LogP contribution in [0.15, 0.2) is 52.2 Å². The van der Waals surface area contributed by atoms with Crippen LogP contribution >= 0.6 is 20.7 Å².